The van der Waals surface area contributed by atoms with Crippen LogP contribution in [0.15, 0.2) is 23.1 Å². The number of carboxylic acids is 1. The fourth-order valence-corrected chi connectivity index (χ4v) is 4.28. The summed E-state index contributed by atoms with van der Waals surface area (Å²) in [6, 6.07) is 5.11. The van der Waals surface area contributed by atoms with Crippen molar-refractivity contribution in [2.24, 2.45) is 5.41 Å². The van der Waals surface area contributed by atoms with E-state index in [-0.39, 0.29) is 11.4 Å². The number of hydrogen-bond donors (Lipinski definition) is 2. The third-order valence-corrected chi connectivity index (χ3v) is 5.80. The molecule has 1 aliphatic carbocycles. The first-order chi connectivity index (χ1) is 9.77. The van der Waals surface area contributed by atoms with E-state index in [0.29, 0.717) is 18.4 Å². The van der Waals surface area contributed by atoms with Gasteiger partial charge in [0, 0.05) is 6.54 Å². The summed E-state index contributed by atoms with van der Waals surface area (Å²) >= 11 is 0. The van der Waals surface area contributed by atoms with E-state index in [1.54, 1.807) is 25.1 Å². The lowest BCUT2D eigenvalue weighted by Crippen LogP contribution is -2.41. The summed E-state index contributed by atoms with van der Waals surface area (Å²) in [6.07, 6.45) is 2.71. The second-order valence-corrected chi connectivity index (χ2v) is 7.62. The quantitative estimate of drug-likeness (QED) is 0.873. The van der Waals surface area contributed by atoms with Crippen molar-refractivity contribution in [3.63, 3.8) is 0 Å². The standard InChI is InChI=1S/C15H21NO4S/c1-11-5-6-13(12(2)9-11)21(19,20)16-10-15(14(17)18)7-3-4-8-15/h5-6,9,16H,3-4,7-8,10H2,1-2H3,(H,17,18). The third-order valence-electron chi connectivity index (χ3n) is 4.23. The van der Waals surface area contributed by atoms with E-state index in [1.165, 1.54) is 0 Å². The summed E-state index contributed by atoms with van der Waals surface area (Å²) < 4.78 is 27.3. The van der Waals surface area contributed by atoms with Crippen LogP contribution in [0.4, 0.5) is 0 Å². The van der Waals surface area contributed by atoms with Gasteiger partial charge < -0.3 is 5.11 Å². The van der Waals surface area contributed by atoms with E-state index < -0.39 is 21.4 Å². The van der Waals surface area contributed by atoms with Crippen molar-refractivity contribution >= 4 is 16.0 Å². The molecule has 0 aromatic heterocycles. The molecule has 1 aromatic carbocycles. The predicted octanol–water partition coefficient (Wildman–Crippen LogP) is 2.23. The molecule has 5 nitrogen and oxygen atoms in total. The highest BCUT2D eigenvalue weighted by molar-refractivity contribution is 7.89. The topological polar surface area (TPSA) is 83.5 Å². The number of nitrogens with one attached hydrogen (secondary N) is 1. The molecule has 0 bridgehead atoms. The molecule has 6 heteroatoms. The van der Waals surface area contributed by atoms with E-state index in [9.17, 15) is 18.3 Å². The van der Waals surface area contributed by atoms with Gasteiger partial charge in [-0.05, 0) is 38.3 Å². The molecule has 0 spiro atoms. The van der Waals surface area contributed by atoms with E-state index in [4.69, 9.17) is 0 Å². The monoisotopic (exact) mass is 311 g/mol. The molecular formula is C15H21NO4S. The summed E-state index contributed by atoms with van der Waals surface area (Å²) in [5.74, 6) is -0.914. The van der Waals surface area contributed by atoms with Crippen LogP contribution in [0, 0.1) is 19.3 Å². The Morgan fingerprint density at radius 2 is 1.90 bits per heavy atom. The Hall–Kier alpha value is -1.40. The highest BCUT2D eigenvalue weighted by atomic mass is 32.2. The van der Waals surface area contributed by atoms with Crippen molar-refractivity contribution in [3.05, 3.63) is 29.3 Å². The lowest BCUT2D eigenvalue weighted by Gasteiger charge is -2.24. The largest absolute Gasteiger partial charge is 0.481 e. The molecule has 0 atom stereocenters. The SMILES string of the molecule is Cc1ccc(S(=O)(=O)NCC2(C(=O)O)CCCC2)c(C)c1. The molecule has 0 radical (unpaired) electrons. The molecule has 0 aliphatic heterocycles. The summed E-state index contributed by atoms with van der Waals surface area (Å²) in [7, 11) is -3.68. The summed E-state index contributed by atoms with van der Waals surface area (Å²) in [6.45, 7) is 3.59. The normalized spacial score (nSPS) is 17.8. The number of carbonyl (C=O) groups is 1. The number of aliphatic carboxylic acids is 1. The highest BCUT2D eigenvalue weighted by Crippen LogP contribution is 2.38. The number of carboxylic acid groups (broad SMARTS) is 1. The van der Waals surface area contributed by atoms with Crippen molar-refractivity contribution in [3.8, 4) is 0 Å². The van der Waals surface area contributed by atoms with Gasteiger partial charge in [0.25, 0.3) is 0 Å². The Morgan fingerprint density at radius 3 is 2.43 bits per heavy atom. The van der Waals surface area contributed by atoms with Crippen molar-refractivity contribution in [1.29, 1.82) is 0 Å². The van der Waals surface area contributed by atoms with Gasteiger partial charge in [-0.15, -0.1) is 0 Å². The number of sulfonamides is 1. The van der Waals surface area contributed by atoms with Crippen LogP contribution in [0.5, 0.6) is 0 Å². The van der Waals surface area contributed by atoms with Gasteiger partial charge in [-0.2, -0.15) is 0 Å². The lowest BCUT2D eigenvalue weighted by atomic mass is 9.87. The molecule has 1 saturated carbocycles. The fourth-order valence-electron chi connectivity index (χ4n) is 2.93. The first kappa shape index (κ1) is 16.0. The van der Waals surface area contributed by atoms with Crippen molar-refractivity contribution < 1.29 is 18.3 Å². The zero-order valence-corrected chi connectivity index (χ0v) is 13.2. The maximum Gasteiger partial charge on any atom is 0.310 e. The second-order valence-electron chi connectivity index (χ2n) is 5.89. The van der Waals surface area contributed by atoms with Gasteiger partial charge in [-0.1, -0.05) is 30.5 Å². The van der Waals surface area contributed by atoms with Gasteiger partial charge in [0.15, 0.2) is 0 Å². The van der Waals surface area contributed by atoms with Crippen LogP contribution in [-0.2, 0) is 14.8 Å². The average Bonchev–Trinajstić information content (AvgIpc) is 2.86. The summed E-state index contributed by atoms with van der Waals surface area (Å²) in [5, 5.41) is 9.39. The maximum atomic E-state index is 12.4. The molecule has 1 aromatic rings. The summed E-state index contributed by atoms with van der Waals surface area (Å²) in [5.41, 5.74) is 0.702. The Labute approximate surface area is 125 Å². The average molecular weight is 311 g/mol. The number of aryl methyl sites for hydroxylation is 2. The van der Waals surface area contributed by atoms with E-state index in [1.807, 2.05) is 6.92 Å². The Balaban J connectivity index is 2.20. The van der Waals surface area contributed by atoms with Gasteiger partial charge in [-0.25, -0.2) is 13.1 Å². The molecule has 0 amide bonds. The van der Waals surface area contributed by atoms with E-state index >= 15 is 0 Å². The smallest absolute Gasteiger partial charge is 0.310 e. The lowest BCUT2D eigenvalue weighted by molar-refractivity contribution is -0.148. The molecule has 2 N–H and O–H groups in total. The van der Waals surface area contributed by atoms with Gasteiger partial charge in [0.2, 0.25) is 10.0 Å². The molecule has 2 rings (SSSR count). The van der Waals surface area contributed by atoms with Crippen molar-refractivity contribution in [1.82, 2.24) is 4.72 Å². The molecule has 1 aliphatic rings. The zero-order chi connectivity index (χ0) is 15.7. The first-order valence-electron chi connectivity index (χ1n) is 7.07. The molecule has 0 saturated heterocycles. The van der Waals surface area contributed by atoms with Crippen LogP contribution in [-0.4, -0.2) is 26.0 Å². The summed E-state index contributed by atoms with van der Waals surface area (Å²) in [4.78, 5) is 11.7. The minimum atomic E-state index is -3.68. The van der Waals surface area contributed by atoms with Gasteiger partial charge >= 0.3 is 5.97 Å². The molecule has 1 fully saturated rings. The van der Waals surface area contributed by atoms with Crippen molar-refractivity contribution in [2.75, 3.05) is 6.54 Å². The molecule has 21 heavy (non-hydrogen) atoms. The van der Waals surface area contributed by atoms with E-state index in [0.717, 1.165) is 18.4 Å². The molecule has 0 heterocycles. The van der Waals surface area contributed by atoms with Crippen LogP contribution >= 0.6 is 0 Å². The predicted molar refractivity (Wildman–Crippen MR) is 79.6 cm³/mol. The van der Waals surface area contributed by atoms with Crippen LogP contribution in [0.25, 0.3) is 0 Å². The number of hydrogen-bond acceptors (Lipinski definition) is 3. The van der Waals surface area contributed by atoms with Crippen LogP contribution in [0.2, 0.25) is 0 Å². The molecular weight excluding hydrogens is 290 g/mol. The van der Waals surface area contributed by atoms with E-state index in [2.05, 4.69) is 4.72 Å². The minimum absolute atomic E-state index is 0.0437. The minimum Gasteiger partial charge on any atom is -0.481 e. The van der Waals surface area contributed by atoms with Gasteiger partial charge in [0.05, 0.1) is 10.3 Å². The fraction of sp³-hybridized carbons (Fsp3) is 0.533. The van der Waals surface area contributed by atoms with Crippen LogP contribution < -0.4 is 4.72 Å². The van der Waals surface area contributed by atoms with Gasteiger partial charge in [-0.3, -0.25) is 4.79 Å². The number of rotatable bonds is 5. The second kappa shape index (κ2) is 5.77. The molecule has 0 unspecified atom stereocenters. The van der Waals surface area contributed by atoms with Crippen LogP contribution in [0.3, 0.4) is 0 Å². The number of benzene rings is 1. The Kier molecular flexibility index (Phi) is 4.39. The first-order valence-corrected chi connectivity index (χ1v) is 8.55. The van der Waals surface area contributed by atoms with Gasteiger partial charge in [0.1, 0.15) is 0 Å². The maximum absolute atomic E-state index is 12.4. The zero-order valence-electron chi connectivity index (χ0n) is 12.3. The molecule has 116 valence electrons. The van der Waals surface area contributed by atoms with Crippen LogP contribution in [0.1, 0.15) is 36.8 Å². The highest BCUT2D eigenvalue weighted by Gasteiger charge is 2.42. The third kappa shape index (κ3) is 3.27. The van der Waals surface area contributed by atoms with Crippen molar-refractivity contribution in [2.45, 2.75) is 44.4 Å². The Bertz CT molecular complexity index is 646. The Morgan fingerprint density at radius 1 is 1.29 bits per heavy atom.